The number of carbonyl (C=O) groups is 2. The minimum absolute atomic E-state index is 0.146. The van der Waals surface area contributed by atoms with E-state index < -0.39 is 6.09 Å². The van der Waals surface area contributed by atoms with E-state index in [0.717, 1.165) is 0 Å². The standard InChI is InChI=1S/C16H16N2O4/c1-10-13(11(2)19)9-14(15(17-10)21-3)18-16(20)22-12-7-5-4-6-8-12/h4-9H,1-3H3,(H,18,20). The molecule has 1 aromatic heterocycles. The number of ketones is 1. The van der Waals surface area contributed by atoms with E-state index in [-0.39, 0.29) is 17.4 Å². The molecule has 6 heteroatoms. The first-order valence-corrected chi connectivity index (χ1v) is 6.61. The van der Waals surface area contributed by atoms with Gasteiger partial charge < -0.3 is 9.47 Å². The van der Waals surface area contributed by atoms with Crippen LogP contribution in [0.15, 0.2) is 36.4 Å². The van der Waals surface area contributed by atoms with Gasteiger partial charge in [-0.05, 0) is 32.0 Å². The molecule has 2 aromatic rings. The molecule has 0 bridgehead atoms. The summed E-state index contributed by atoms with van der Waals surface area (Å²) in [6, 6.07) is 10.2. The number of anilines is 1. The quantitative estimate of drug-likeness (QED) is 0.877. The average Bonchev–Trinajstić information content (AvgIpc) is 2.49. The molecule has 0 aliphatic carbocycles. The molecular formula is C16H16N2O4. The van der Waals surface area contributed by atoms with Gasteiger partial charge in [-0.3, -0.25) is 10.1 Å². The van der Waals surface area contributed by atoms with Crippen molar-refractivity contribution in [2.75, 3.05) is 12.4 Å². The van der Waals surface area contributed by atoms with Gasteiger partial charge in [0.2, 0.25) is 5.88 Å². The Hall–Kier alpha value is -2.89. The second-order valence-corrected chi connectivity index (χ2v) is 4.56. The number of hydrogen-bond acceptors (Lipinski definition) is 5. The SMILES string of the molecule is COc1nc(C)c(C(C)=O)cc1NC(=O)Oc1ccccc1. The van der Waals surface area contributed by atoms with Crippen molar-refractivity contribution in [1.29, 1.82) is 0 Å². The second kappa shape index (κ2) is 6.71. The molecule has 2 rings (SSSR count). The van der Waals surface area contributed by atoms with Crippen LogP contribution in [0.4, 0.5) is 10.5 Å². The summed E-state index contributed by atoms with van der Waals surface area (Å²) in [5.41, 5.74) is 1.22. The highest BCUT2D eigenvalue weighted by Crippen LogP contribution is 2.25. The van der Waals surface area contributed by atoms with Crippen molar-refractivity contribution in [2.45, 2.75) is 13.8 Å². The lowest BCUT2D eigenvalue weighted by Crippen LogP contribution is -2.18. The van der Waals surface area contributed by atoms with Gasteiger partial charge >= 0.3 is 6.09 Å². The molecule has 0 fully saturated rings. The number of amides is 1. The van der Waals surface area contributed by atoms with Gasteiger partial charge in [0.05, 0.1) is 12.8 Å². The van der Waals surface area contributed by atoms with E-state index in [4.69, 9.17) is 9.47 Å². The lowest BCUT2D eigenvalue weighted by Gasteiger charge is -2.12. The van der Waals surface area contributed by atoms with E-state index in [1.165, 1.54) is 20.1 Å². The lowest BCUT2D eigenvalue weighted by molar-refractivity contribution is 0.101. The summed E-state index contributed by atoms with van der Waals surface area (Å²) in [6.07, 6.45) is -0.690. The van der Waals surface area contributed by atoms with Gasteiger partial charge in [-0.25, -0.2) is 9.78 Å². The zero-order chi connectivity index (χ0) is 16.1. The first-order chi connectivity index (χ1) is 10.5. The number of methoxy groups -OCH3 is 1. The van der Waals surface area contributed by atoms with Crippen LogP contribution < -0.4 is 14.8 Å². The Balaban J connectivity index is 2.22. The van der Waals surface area contributed by atoms with Crippen LogP contribution in [-0.4, -0.2) is 24.0 Å². The van der Waals surface area contributed by atoms with Crippen molar-refractivity contribution in [2.24, 2.45) is 0 Å². The number of nitrogens with zero attached hydrogens (tertiary/aromatic N) is 1. The van der Waals surface area contributed by atoms with Crippen LogP contribution in [0.25, 0.3) is 0 Å². The molecule has 6 nitrogen and oxygen atoms in total. The molecule has 0 radical (unpaired) electrons. The zero-order valence-electron chi connectivity index (χ0n) is 12.5. The van der Waals surface area contributed by atoms with E-state index in [1.807, 2.05) is 6.07 Å². The number of para-hydroxylation sites is 1. The van der Waals surface area contributed by atoms with E-state index in [1.54, 1.807) is 31.2 Å². The van der Waals surface area contributed by atoms with Gasteiger partial charge in [-0.1, -0.05) is 18.2 Å². The molecule has 22 heavy (non-hydrogen) atoms. The number of aromatic nitrogens is 1. The van der Waals surface area contributed by atoms with Crippen LogP contribution >= 0.6 is 0 Å². The number of benzene rings is 1. The van der Waals surface area contributed by atoms with E-state index in [2.05, 4.69) is 10.3 Å². The fourth-order valence-corrected chi connectivity index (χ4v) is 1.92. The summed E-state index contributed by atoms with van der Waals surface area (Å²) < 4.78 is 10.2. The molecule has 0 aliphatic heterocycles. The molecule has 1 N–H and O–H groups in total. The monoisotopic (exact) mass is 300 g/mol. The van der Waals surface area contributed by atoms with Gasteiger partial charge in [-0.15, -0.1) is 0 Å². The third-order valence-corrected chi connectivity index (χ3v) is 2.94. The Kier molecular flexibility index (Phi) is 4.73. The molecular weight excluding hydrogens is 284 g/mol. The van der Waals surface area contributed by atoms with E-state index >= 15 is 0 Å². The summed E-state index contributed by atoms with van der Waals surface area (Å²) in [6.45, 7) is 3.13. The lowest BCUT2D eigenvalue weighted by atomic mass is 10.1. The summed E-state index contributed by atoms with van der Waals surface area (Å²) in [7, 11) is 1.43. The maximum atomic E-state index is 11.9. The minimum atomic E-state index is -0.690. The number of rotatable bonds is 4. The predicted molar refractivity (Wildman–Crippen MR) is 81.6 cm³/mol. The fourth-order valence-electron chi connectivity index (χ4n) is 1.92. The Bertz CT molecular complexity index is 699. The average molecular weight is 300 g/mol. The third-order valence-electron chi connectivity index (χ3n) is 2.94. The number of Topliss-reactive ketones (excluding diaryl/α,β-unsaturated/α-hetero) is 1. The van der Waals surface area contributed by atoms with E-state index in [9.17, 15) is 9.59 Å². The fraction of sp³-hybridized carbons (Fsp3) is 0.188. The number of carbonyl (C=O) groups excluding carboxylic acids is 2. The topological polar surface area (TPSA) is 77.5 Å². The van der Waals surface area contributed by atoms with Crippen LogP contribution in [0.5, 0.6) is 11.6 Å². The molecule has 0 unspecified atom stereocenters. The molecule has 0 saturated heterocycles. The summed E-state index contributed by atoms with van der Waals surface area (Å²) in [5.74, 6) is 0.477. The zero-order valence-corrected chi connectivity index (χ0v) is 12.5. The maximum Gasteiger partial charge on any atom is 0.417 e. The highest BCUT2D eigenvalue weighted by atomic mass is 16.6. The molecule has 1 aromatic carbocycles. The van der Waals surface area contributed by atoms with Crippen molar-refractivity contribution in [3.8, 4) is 11.6 Å². The van der Waals surface area contributed by atoms with Crippen LogP contribution in [-0.2, 0) is 0 Å². The first kappa shape index (κ1) is 15.5. The molecule has 0 saturated carbocycles. The maximum absolute atomic E-state index is 11.9. The Morgan fingerprint density at radius 1 is 1.18 bits per heavy atom. The normalized spacial score (nSPS) is 9.95. The predicted octanol–water partition coefficient (Wildman–Crippen LogP) is 3.21. The number of ether oxygens (including phenoxy) is 2. The summed E-state index contributed by atoms with van der Waals surface area (Å²) in [4.78, 5) is 27.6. The number of nitrogens with one attached hydrogen (secondary N) is 1. The third kappa shape index (κ3) is 3.60. The molecule has 114 valence electrons. The Morgan fingerprint density at radius 3 is 2.45 bits per heavy atom. The van der Waals surface area contributed by atoms with Crippen molar-refractivity contribution in [3.63, 3.8) is 0 Å². The van der Waals surface area contributed by atoms with E-state index in [0.29, 0.717) is 17.0 Å². The van der Waals surface area contributed by atoms with Crippen LogP contribution in [0.1, 0.15) is 23.0 Å². The smallest absolute Gasteiger partial charge is 0.417 e. The van der Waals surface area contributed by atoms with Gasteiger partial charge in [0, 0.05) is 5.56 Å². The Morgan fingerprint density at radius 2 is 1.86 bits per heavy atom. The number of aryl methyl sites for hydroxylation is 1. The molecule has 0 aliphatic rings. The van der Waals surface area contributed by atoms with Crippen LogP contribution in [0, 0.1) is 6.92 Å². The highest BCUT2D eigenvalue weighted by Gasteiger charge is 2.15. The van der Waals surface area contributed by atoms with Gasteiger partial charge in [0.1, 0.15) is 11.4 Å². The first-order valence-electron chi connectivity index (χ1n) is 6.61. The molecule has 1 heterocycles. The molecule has 0 spiro atoms. The van der Waals surface area contributed by atoms with Gasteiger partial charge in [-0.2, -0.15) is 0 Å². The number of hydrogen-bond donors (Lipinski definition) is 1. The molecule has 1 amide bonds. The largest absolute Gasteiger partial charge is 0.480 e. The minimum Gasteiger partial charge on any atom is -0.480 e. The summed E-state index contributed by atoms with van der Waals surface area (Å²) in [5, 5.41) is 2.53. The van der Waals surface area contributed by atoms with Crippen LogP contribution in [0.2, 0.25) is 0 Å². The Labute approximate surface area is 128 Å². The van der Waals surface area contributed by atoms with Crippen molar-refractivity contribution in [3.05, 3.63) is 47.7 Å². The highest BCUT2D eigenvalue weighted by molar-refractivity contribution is 5.97. The second-order valence-electron chi connectivity index (χ2n) is 4.56. The number of pyridine rings is 1. The van der Waals surface area contributed by atoms with Gasteiger partial charge in [0.15, 0.2) is 5.78 Å². The molecule has 0 atom stereocenters. The van der Waals surface area contributed by atoms with Gasteiger partial charge in [0.25, 0.3) is 0 Å². The van der Waals surface area contributed by atoms with Crippen LogP contribution in [0.3, 0.4) is 0 Å². The van der Waals surface area contributed by atoms with Crippen molar-refractivity contribution >= 4 is 17.6 Å². The van der Waals surface area contributed by atoms with Crippen molar-refractivity contribution in [1.82, 2.24) is 4.98 Å². The summed E-state index contributed by atoms with van der Waals surface area (Å²) >= 11 is 0. The van der Waals surface area contributed by atoms with Crippen molar-refractivity contribution < 1.29 is 19.1 Å².